The first-order valence-corrected chi connectivity index (χ1v) is 7.32. The molecule has 0 aromatic rings. The summed E-state index contributed by atoms with van der Waals surface area (Å²) in [6.45, 7) is 3.19. The topological polar surface area (TPSA) is 41.1 Å². The van der Waals surface area contributed by atoms with Crippen LogP contribution in [-0.4, -0.2) is 25.5 Å². The highest BCUT2D eigenvalue weighted by molar-refractivity contribution is 5.75. The van der Waals surface area contributed by atoms with Gasteiger partial charge in [-0.15, -0.1) is 0 Å². The Morgan fingerprint density at radius 3 is 2.47 bits per heavy atom. The molecule has 3 nitrogen and oxygen atoms in total. The van der Waals surface area contributed by atoms with Gasteiger partial charge in [0.05, 0.1) is 0 Å². The number of carbonyl (C=O) groups is 1. The zero-order chi connectivity index (χ0) is 11.9. The summed E-state index contributed by atoms with van der Waals surface area (Å²) >= 11 is 0. The summed E-state index contributed by atoms with van der Waals surface area (Å²) in [5.41, 5.74) is 0. The van der Waals surface area contributed by atoms with Crippen molar-refractivity contribution in [3.63, 3.8) is 0 Å². The van der Waals surface area contributed by atoms with E-state index in [1.54, 1.807) is 0 Å². The molecular weight excluding hydrogens is 212 g/mol. The molecule has 1 aliphatic carbocycles. The Morgan fingerprint density at radius 1 is 1.06 bits per heavy atom. The molecule has 1 amide bonds. The van der Waals surface area contributed by atoms with Gasteiger partial charge in [0.2, 0.25) is 5.91 Å². The van der Waals surface area contributed by atoms with Gasteiger partial charge in [-0.05, 0) is 57.0 Å². The third-order valence-corrected chi connectivity index (χ3v) is 4.30. The predicted molar refractivity (Wildman–Crippen MR) is 69.8 cm³/mol. The van der Waals surface area contributed by atoms with Crippen LogP contribution >= 0.6 is 0 Å². The van der Waals surface area contributed by atoms with Gasteiger partial charge in [0.1, 0.15) is 0 Å². The number of carbonyl (C=O) groups excluding carboxylic acids is 1. The Bertz CT molecular complexity index is 230. The van der Waals surface area contributed by atoms with E-state index in [1.165, 1.54) is 38.5 Å². The molecular formula is C14H26N2O. The molecule has 0 radical (unpaired) electrons. The van der Waals surface area contributed by atoms with Crippen molar-refractivity contribution >= 4 is 5.91 Å². The number of amides is 1. The smallest absolute Gasteiger partial charge is 0.220 e. The van der Waals surface area contributed by atoms with Gasteiger partial charge in [-0.2, -0.15) is 0 Å². The van der Waals surface area contributed by atoms with E-state index in [-0.39, 0.29) is 5.91 Å². The van der Waals surface area contributed by atoms with Crippen LogP contribution in [0.5, 0.6) is 0 Å². The fourth-order valence-corrected chi connectivity index (χ4v) is 3.07. The lowest BCUT2D eigenvalue weighted by molar-refractivity contribution is -0.121. The molecule has 2 rings (SSSR count). The maximum Gasteiger partial charge on any atom is 0.220 e. The van der Waals surface area contributed by atoms with Crippen molar-refractivity contribution in [2.24, 2.45) is 11.8 Å². The van der Waals surface area contributed by atoms with Crippen molar-refractivity contribution in [2.75, 3.05) is 19.6 Å². The van der Waals surface area contributed by atoms with Gasteiger partial charge in [0, 0.05) is 13.0 Å². The van der Waals surface area contributed by atoms with E-state index in [0.29, 0.717) is 0 Å². The van der Waals surface area contributed by atoms with Gasteiger partial charge in [-0.3, -0.25) is 4.79 Å². The van der Waals surface area contributed by atoms with Crippen LogP contribution in [0.4, 0.5) is 0 Å². The molecule has 1 saturated heterocycles. The van der Waals surface area contributed by atoms with Gasteiger partial charge < -0.3 is 10.6 Å². The molecule has 17 heavy (non-hydrogen) atoms. The van der Waals surface area contributed by atoms with Crippen molar-refractivity contribution < 1.29 is 4.79 Å². The number of hydrogen-bond acceptors (Lipinski definition) is 2. The second kappa shape index (κ2) is 7.00. The number of hydrogen-bond donors (Lipinski definition) is 2. The highest BCUT2D eigenvalue weighted by atomic mass is 16.1. The lowest BCUT2D eigenvalue weighted by Gasteiger charge is -2.22. The van der Waals surface area contributed by atoms with E-state index < -0.39 is 0 Å². The fraction of sp³-hybridized carbons (Fsp3) is 0.929. The van der Waals surface area contributed by atoms with E-state index in [9.17, 15) is 4.79 Å². The van der Waals surface area contributed by atoms with Crippen LogP contribution in [0.25, 0.3) is 0 Å². The Hall–Kier alpha value is -0.570. The minimum Gasteiger partial charge on any atom is -0.356 e. The van der Waals surface area contributed by atoms with Crippen molar-refractivity contribution in [1.29, 1.82) is 0 Å². The van der Waals surface area contributed by atoms with Crippen molar-refractivity contribution in [1.82, 2.24) is 10.6 Å². The van der Waals surface area contributed by atoms with Crippen molar-refractivity contribution in [2.45, 2.75) is 51.4 Å². The third-order valence-electron chi connectivity index (χ3n) is 4.30. The second-order valence-corrected chi connectivity index (χ2v) is 5.69. The molecule has 1 heterocycles. The molecule has 0 aromatic carbocycles. The summed E-state index contributed by atoms with van der Waals surface area (Å²) in [5.74, 6) is 1.81. The molecule has 1 saturated carbocycles. The first kappa shape index (κ1) is 12.9. The zero-order valence-electron chi connectivity index (χ0n) is 10.8. The number of nitrogens with one attached hydrogen (secondary N) is 2. The first-order valence-electron chi connectivity index (χ1n) is 7.32. The quantitative estimate of drug-likeness (QED) is 0.770. The Morgan fingerprint density at radius 2 is 1.76 bits per heavy atom. The molecule has 2 aliphatic rings. The summed E-state index contributed by atoms with van der Waals surface area (Å²) in [5, 5.41) is 6.47. The number of rotatable bonds is 5. The minimum atomic E-state index is 0.274. The van der Waals surface area contributed by atoms with E-state index in [0.717, 1.165) is 44.3 Å². The SMILES string of the molecule is O=C(CCC1CCNCC1)NCC1CCCC1. The molecule has 1 aliphatic heterocycles. The molecule has 0 unspecified atom stereocenters. The van der Waals surface area contributed by atoms with Gasteiger partial charge in [-0.25, -0.2) is 0 Å². The van der Waals surface area contributed by atoms with Gasteiger partial charge in [0.15, 0.2) is 0 Å². The van der Waals surface area contributed by atoms with E-state index in [1.807, 2.05) is 0 Å². The predicted octanol–water partition coefficient (Wildman–Crippen LogP) is 2.07. The summed E-state index contributed by atoms with van der Waals surface area (Å²) in [7, 11) is 0. The van der Waals surface area contributed by atoms with Crippen LogP contribution < -0.4 is 10.6 Å². The highest BCUT2D eigenvalue weighted by Crippen LogP contribution is 2.23. The second-order valence-electron chi connectivity index (χ2n) is 5.69. The van der Waals surface area contributed by atoms with E-state index in [4.69, 9.17) is 0 Å². The summed E-state index contributed by atoms with van der Waals surface area (Å²) in [6.07, 6.45) is 9.65. The average molecular weight is 238 g/mol. The number of piperidine rings is 1. The molecule has 0 aromatic heterocycles. The molecule has 3 heteroatoms. The zero-order valence-corrected chi connectivity index (χ0v) is 10.8. The minimum absolute atomic E-state index is 0.274. The van der Waals surface area contributed by atoms with Crippen LogP contribution in [0.3, 0.4) is 0 Å². The van der Waals surface area contributed by atoms with Crippen LogP contribution in [0.2, 0.25) is 0 Å². The first-order chi connectivity index (χ1) is 8.34. The Kier molecular flexibility index (Phi) is 5.30. The molecule has 0 bridgehead atoms. The fourth-order valence-electron chi connectivity index (χ4n) is 3.07. The van der Waals surface area contributed by atoms with Crippen LogP contribution in [0, 0.1) is 11.8 Å². The third kappa shape index (κ3) is 4.66. The Balaban J connectivity index is 1.53. The van der Waals surface area contributed by atoms with E-state index in [2.05, 4.69) is 10.6 Å². The summed E-state index contributed by atoms with van der Waals surface area (Å²) < 4.78 is 0. The van der Waals surface area contributed by atoms with Crippen LogP contribution in [0.1, 0.15) is 51.4 Å². The summed E-state index contributed by atoms with van der Waals surface area (Å²) in [6, 6.07) is 0. The molecule has 98 valence electrons. The molecule has 0 spiro atoms. The Labute approximate surface area is 105 Å². The van der Waals surface area contributed by atoms with Crippen molar-refractivity contribution in [3.05, 3.63) is 0 Å². The lowest BCUT2D eigenvalue weighted by Crippen LogP contribution is -2.31. The average Bonchev–Trinajstić information content (AvgIpc) is 2.88. The largest absolute Gasteiger partial charge is 0.356 e. The van der Waals surface area contributed by atoms with Crippen LogP contribution in [0.15, 0.2) is 0 Å². The lowest BCUT2D eigenvalue weighted by atomic mass is 9.93. The van der Waals surface area contributed by atoms with Gasteiger partial charge in [0.25, 0.3) is 0 Å². The maximum absolute atomic E-state index is 11.7. The summed E-state index contributed by atoms with van der Waals surface area (Å²) in [4.78, 5) is 11.7. The van der Waals surface area contributed by atoms with E-state index >= 15 is 0 Å². The molecule has 2 fully saturated rings. The van der Waals surface area contributed by atoms with Gasteiger partial charge >= 0.3 is 0 Å². The van der Waals surface area contributed by atoms with Gasteiger partial charge in [-0.1, -0.05) is 12.8 Å². The monoisotopic (exact) mass is 238 g/mol. The molecule has 0 atom stereocenters. The maximum atomic E-state index is 11.7. The highest BCUT2D eigenvalue weighted by Gasteiger charge is 2.17. The standard InChI is InChI=1S/C14H26N2O/c17-14(16-11-13-3-1-2-4-13)6-5-12-7-9-15-10-8-12/h12-13,15H,1-11H2,(H,16,17). The normalized spacial score (nSPS) is 22.8. The van der Waals surface area contributed by atoms with Crippen molar-refractivity contribution in [3.8, 4) is 0 Å². The molecule has 2 N–H and O–H groups in total. The van der Waals surface area contributed by atoms with Crippen LogP contribution in [-0.2, 0) is 4.79 Å².